The van der Waals surface area contributed by atoms with Crippen LogP contribution in [0.25, 0.3) is 0 Å². The van der Waals surface area contributed by atoms with Gasteiger partial charge in [-0.15, -0.1) is 6.57 Å². The van der Waals surface area contributed by atoms with Crippen molar-refractivity contribution in [2.45, 2.75) is 33.5 Å². The normalized spacial score (nSPS) is 14.3. The van der Waals surface area contributed by atoms with Gasteiger partial charge >= 0.3 is 0 Å². The van der Waals surface area contributed by atoms with Crippen LogP contribution in [0.5, 0.6) is 0 Å². The van der Waals surface area contributed by atoms with Crippen molar-refractivity contribution in [3.8, 4) is 0 Å². The molecule has 112 valence electrons. The Morgan fingerprint density at radius 2 is 1.10 bits per heavy atom. The van der Waals surface area contributed by atoms with Crippen LogP contribution in [0.15, 0.2) is 48.5 Å². The lowest BCUT2D eigenvalue weighted by Crippen LogP contribution is -2.34. The summed E-state index contributed by atoms with van der Waals surface area (Å²) in [5.74, 6) is 0. The number of hydrogen-bond acceptors (Lipinski definition) is 0. The van der Waals surface area contributed by atoms with Gasteiger partial charge in [0.25, 0.3) is 0 Å². The Morgan fingerprint density at radius 3 is 1.43 bits per heavy atom. The molecule has 0 saturated heterocycles. The summed E-state index contributed by atoms with van der Waals surface area (Å²) < 4.78 is 0. The van der Waals surface area contributed by atoms with E-state index in [1.54, 1.807) is 10.4 Å². The summed E-state index contributed by atoms with van der Waals surface area (Å²) in [7, 11) is -1.21. The third-order valence-electron chi connectivity index (χ3n) is 4.19. The van der Waals surface area contributed by atoms with E-state index >= 15 is 0 Å². The molecule has 4 heteroatoms. The lowest BCUT2D eigenvalue weighted by atomic mass is 10.2. The Labute approximate surface area is 136 Å². The highest BCUT2D eigenvalue weighted by Gasteiger charge is 2.27. The molecule has 0 bridgehead atoms. The molecule has 0 aliphatic heterocycles. The second-order valence-corrected chi connectivity index (χ2v) is 33.3. The molecule has 21 heavy (non-hydrogen) atoms. The second kappa shape index (κ2) is 7.19. The Hall–Kier alpha value is -0.479. The van der Waals surface area contributed by atoms with Gasteiger partial charge in [-0.1, -0.05) is 89.7 Å². The molecule has 0 amide bonds. The molecule has 0 heterocycles. The van der Waals surface area contributed by atoms with Gasteiger partial charge in [-0.3, -0.25) is 0 Å². The van der Waals surface area contributed by atoms with E-state index in [1.165, 1.54) is 11.1 Å². The standard InChI is InChI=1S/C17H27PSi3/c1-14-10-6-8-12-16(14)19-18(21(3,4)5)20-17-13-9-7-11-15(17)2/h6-13H,19-20H2,1-5H3. The lowest BCUT2D eigenvalue weighted by Gasteiger charge is -2.31. The minimum absolute atomic E-state index is 0.102. The minimum Gasteiger partial charge on any atom is -0.143 e. The maximum Gasteiger partial charge on any atom is 0.0740 e. The molecule has 0 saturated carbocycles. The van der Waals surface area contributed by atoms with Crippen LogP contribution in [0.1, 0.15) is 11.1 Å². The fourth-order valence-corrected chi connectivity index (χ4v) is 30.3. The predicted octanol–water partition coefficient (Wildman–Crippen LogP) is 2.74. The van der Waals surface area contributed by atoms with Gasteiger partial charge in [0.2, 0.25) is 0 Å². The first-order valence-electron chi connectivity index (χ1n) is 7.72. The van der Waals surface area contributed by atoms with Crippen LogP contribution >= 0.6 is 6.57 Å². The smallest absolute Gasteiger partial charge is 0.0740 e. The van der Waals surface area contributed by atoms with Crippen molar-refractivity contribution in [2.75, 3.05) is 0 Å². The fraction of sp³-hybridized carbons (Fsp3) is 0.294. The summed E-state index contributed by atoms with van der Waals surface area (Å²) in [6.45, 7) is 12.8. The Morgan fingerprint density at radius 1 is 0.714 bits per heavy atom. The summed E-state index contributed by atoms with van der Waals surface area (Å²) >= 11 is 0. The zero-order valence-electron chi connectivity index (χ0n) is 14.0. The third kappa shape index (κ3) is 4.75. The van der Waals surface area contributed by atoms with E-state index in [0.29, 0.717) is 6.57 Å². The van der Waals surface area contributed by atoms with Gasteiger partial charge in [-0.25, -0.2) is 0 Å². The highest BCUT2D eigenvalue weighted by molar-refractivity contribution is 8.30. The van der Waals surface area contributed by atoms with Crippen molar-refractivity contribution >= 4 is 43.1 Å². The van der Waals surface area contributed by atoms with Crippen LogP contribution in [-0.2, 0) is 0 Å². The van der Waals surface area contributed by atoms with Crippen molar-refractivity contribution in [3.05, 3.63) is 59.7 Å². The third-order valence-corrected chi connectivity index (χ3v) is 43.1. The van der Waals surface area contributed by atoms with Crippen molar-refractivity contribution in [2.24, 2.45) is 0 Å². The quantitative estimate of drug-likeness (QED) is 0.577. The van der Waals surface area contributed by atoms with Crippen LogP contribution < -0.4 is 10.4 Å². The molecule has 0 unspecified atom stereocenters. The Kier molecular flexibility index (Phi) is 5.78. The maximum absolute atomic E-state index is 2.61. The number of benzene rings is 2. The summed E-state index contributed by atoms with van der Waals surface area (Å²) in [5.41, 5.74) is 3.07. The van der Waals surface area contributed by atoms with E-state index in [1.807, 2.05) is 0 Å². The highest BCUT2D eigenvalue weighted by Crippen LogP contribution is 2.42. The average molecular weight is 347 g/mol. The SMILES string of the molecule is Cc1ccccc1[SiH2]P([SiH2]c1ccccc1C)[Si](C)(C)C. The van der Waals surface area contributed by atoms with E-state index < -0.39 is 7.74 Å². The molecule has 2 aromatic carbocycles. The molecular weight excluding hydrogens is 319 g/mol. The molecule has 0 aliphatic carbocycles. The van der Waals surface area contributed by atoms with Gasteiger partial charge in [0, 0.05) is 0 Å². The van der Waals surface area contributed by atoms with E-state index in [9.17, 15) is 0 Å². The van der Waals surface area contributed by atoms with Crippen molar-refractivity contribution in [1.29, 1.82) is 0 Å². The molecule has 0 nitrogen and oxygen atoms in total. The van der Waals surface area contributed by atoms with Gasteiger partial charge in [-0.2, -0.15) is 0 Å². The van der Waals surface area contributed by atoms with E-state index in [4.69, 9.17) is 0 Å². The zero-order valence-corrected chi connectivity index (χ0v) is 18.7. The van der Waals surface area contributed by atoms with Crippen molar-refractivity contribution in [3.63, 3.8) is 0 Å². The minimum atomic E-state index is -1.01. The summed E-state index contributed by atoms with van der Waals surface area (Å²) in [6.07, 6.45) is 0. The van der Waals surface area contributed by atoms with E-state index in [0.717, 1.165) is 0 Å². The fourth-order valence-electron chi connectivity index (χ4n) is 2.52. The van der Waals surface area contributed by atoms with Crippen molar-refractivity contribution in [1.82, 2.24) is 0 Å². The lowest BCUT2D eigenvalue weighted by molar-refractivity contribution is 1.52. The topological polar surface area (TPSA) is 0 Å². The zero-order chi connectivity index (χ0) is 15.5. The molecule has 0 radical (unpaired) electrons. The van der Waals surface area contributed by atoms with Crippen LogP contribution in [0.2, 0.25) is 19.6 Å². The summed E-state index contributed by atoms with van der Waals surface area (Å²) in [5, 5.41) is 3.46. The largest absolute Gasteiger partial charge is 0.143 e. The number of aryl methyl sites for hydroxylation is 2. The predicted molar refractivity (Wildman–Crippen MR) is 109 cm³/mol. The first kappa shape index (κ1) is 16.9. The Bertz CT molecular complexity index is 557. The van der Waals surface area contributed by atoms with Gasteiger partial charge in [0.05, 0.1) is 26.1 Å². The van der Waals surface area contributed by atoms with E-state index in [2.05, 4.69) is 82.0 Å². The molecule has 0 fully saturated rings. The Balaban J connectivity index is 2.24. The molecule has 0 aliphatic rings. The molecule has 0 N–H and O–H groups in total. The van der Waals surface area contributed by atoms with Crippen LogP contribution in [0, 0.1) is 13.8 Å². The molecule has 2 aromatic rings. The molecule has 0 aromatic heterocycles. The van der Waals surface area contributed by atoms with Crippen molar-refractivity contribution < 1.29 is 0 Å². The molecule has 2 rings (SSSR count). The molecular formula is C17H27PSi3. The second-order valence-electron chi connectivity index (χ2n) is 6.88. The molecule has 0 spiro atoms. The highest BCUT2D eigenvalue weighted by atomic mass is 31.8. The summed E-state index contributed by atoms with van der Waals surface area (Å²) in [6, 6.07) is 18.3. The first-order chi connectivity index (χ1) is 9.88. The van der Waals surface area contributed by atoms with E-state index in [-0.39, 0.29) is 18.4 Å². The van der Waals surface area contributed by atoms with Crippen LogP contribution in [0.3, 0.4) is 0 Å². The average Bonchev–Trinajstić information content (AvgIpc) is 2.41. The first-order valence-corrected chi connectivity index (χ1v) is 19.0. The van der Waals surface area contributed by atoms with Gasteiger partial charge in [-0.05, 0) is 13.8 Å². The maximum atomic E-state index is 2.61. The van der Waals surface area contributed by atoms with Crippen LogP contribution in [0.4, 0.5) is 0 Å². The monoisotopic (exact) mass is 346 g/mol. The number of hydrogen-bond donors (Lipinski definition) is 0. The van der Waals surface area contributed by atoms with Gasteiger partial charge in [0.1, 0.15) is 0 Å². The molecule has 0 atom stereocenters. The van der Waals surface area contributed by atoms with Crippen LogP contribution in [-0.4, -0.2) is 26.1 Å². The van der Waals surface area contributed by atoms with Gasteiger partial charge in [0.15, 0.2) is 0 Å². The number of rotatable bonds is 5. The summed E-state index contributed by atoms with van der Waals surface area (Å²) in [4.78, 5) is 0. The van der Waals surface area contributed by atoms with Gasteiger partial charge < -0.3 is 0 Å².